The molecule has 0 saturated carbocycles. The van der Waals surface area contributed by atoms with E-state index in [0.717, 1.165) is 17.7 Å². The summed E-state index contributed by atoms with van der Waals surface area (Å²) in [6.07, 6.45) is 1.88. The fourth-order valence-corrected chi connectivity index (χ4v) is 5.00. The number of amides is 2. The van der Waals surface area contributed by atoms with Crippen LogP contribution in [-0.2, 0) is 17.8 Å². The number of nitrogens with zero attached hydrogens (tertiary/aromatic N) is 1. The summed E-state index contributed by atoms with van der Waals surface area (Å²) in [5, 5.41) is 3.39. The highest BCUT2D eigenvalue weighted by Gasteiger charge is 2.20. The summed E-state index contributed by atoms with van der Waals surface area (Å²) in [7, 11) is 0. The zero-order valence-corrected chi connectivity index (χ0v) is 17.2. The van der Waals surface area contributed by atoms with Crippen molar-refractivity contribution >= 4 is 33.2 Å². The number of benzene rings is 2. The van der Waals surface area contributed by atoms with E-state index in [-0.39, 0.29) is 17.6 Å². The van der Waals surface area contributed by atoms with E-state index >= 15 is 0 Å². The number of halogens is 1. The van der Waals surface area contributed by atoms with Crippen molar-refractivity contribution in [3.63, 3.8) is 0 Å². The Morgan fingerprint density at radius 3 is 2.72 bits per heavy atom. The highest BCUT2D eigenvalue weighted by atomic mass is 32.1. The van der Waals surface area contributed by atoms with Gasteiger partial charge >= 0.3 is 0 Å². The molecule has 4 rings (SSSR count). The summed E-state index contributed by atoms with van der Waals surface area (Å²) in [4.78, 5) is 27.4. The van der Waals surface area contributed by atoms with Crippen molar-refractivity contribution in [3.05, 3.63) is 69.8 Å². The largest absolute Gasteiger partial charge is 0.351 e. The first-order valence-electron chi connectivity index (χ1n) is 9.85. The van der Waals surface area contributed by atoms with Gasteiger partial charge in [0.25, 0.3) is 5.91 Å². The van der Waals surface area contributed by atoms with Crippen molar-refractivity contribution in [2.45, 2.75) is 32.7 Å². The molecule has 0 unspecified atom stereocenters. The molecule has 150 valence electrons. The molecule has 1 aromatic heterocycles. The average molecular weight is 411 g/mol. The minimum Gasteiger partial charge on any atom is -0.351 e. The van der Waals surface area contributed by atoms with Crippen molar-refractivity contribution in [3.8, 4) is 0 Å². The lowest BCUT2D eigenvalue weighted by Gasteiger charge is -2.29. The van der Waals surface area contributed by atoms with Gasteiger partial charge in [-0.15, -0.1) is 11.3 Å². The third kappa shape index (κ3) is 4.03. The number of fused-ring (bicyclic) bond motifs is 2. The standard InChI is InChI=1S/C23H23FN2O2S/c1-15-21-18(24)8-4-9-19(21)29-22(15)23(28)25-12-5-10-20(27)26-13-11-16-6-2-3-7-17(16)14-26/h2-4,6-9H,5,10-14H2,1H3,(H,25,28). The Bertz CT molecular complexity index is 1080. The molecule has 0 fully saturated rings. The second-order valence-electron chi connectivity index (χ2n) is 7.36. The van der Waals surface area contributed by atoms with Crippen LogP contribution in [0, 0.1) is 12.7 Å². The van der Waals surface area contributed by atoms with Gasteiger partial charge in [0.2, 0.25) is 5.91 Å². The molecule has 0 bridgehead atoms. The maximum Gasteiger partial charge on any atom is 0.261 e. The average Bonchev–Trinajstić information content (AvgIpc) is 3.08. The van der Waals surface area contributed by atoms with E-state index in [1.807, 2.05) is 23.1 Å². The first-order chi connectivity index (χ1) is 14.0. The Hall–Kier alpha value is -2.73. The van der Waals surface area contributed by atoms with Gasteiger partial charge in [-0.05, 0) is 48.6 Å². The predicted molar refractivity (Wildman–Crippen MR) is 114 cm³/mol. The van der Waals surface area contributed by atoms with Crippen LogP contribution >= 0.6 is 11.3 Å². The quantitative estimate of drug-likeness (QED) is 0.632. The van der Waals surface area contributed by atoms with Gasteiger partial charge in [-0.25, -0.2) is 4.39 Å². The second-order valence-corrected chi connectivity index (χ2v) is 8.41. The molecule has 1 aliphatic heterocycles. The number of thiophene rings is 1. The Morgan fingerprint density at radius 1 is 1.14 bits per heavy atom. The van der Waals surface area contributed by atoms with Crippen molar-refractivity contribution in [2.75, 3.05) is 13.1 Å². The van der Waals surface area contributed by atoms with E-state index < -0.39 is 0 Å². The lowest BCUT2D eigenvalue weighted by atomic mass is 9.99. The van der Waals surface area contributed by atoms with Crippen LogP contribution in [0.2, 0.25) is 0 Å². The number of carbonyl (C=O) groups excluding carboxylic acids is 2. The van der Waals surface area contributed by atoms with Crippen LogP contribution in [0.4, 0.5) is 4.39 Å². The van der Waals surface area contributed by atoms with E-state index in [9.17, 15) is 14.0 Å². The van der Waals surface area contributed by atoms with Gasteiger partial charge < -0.3 is 10.2 Å². The molecule has 0 aliphatic carbocycles. The molecule has 0 radical (unpaired) electrons. The smallest absolute Gasteiger partial charge is 0.261 e. The minimum absolute atomic E-state index is 0.119. The molecular formula is C23H23FN2O2S. The summed E-state index contributed by atoms with van der Waals surface area (Å²) in [5.74, 6) is -0.389. The van der Waals surface area contributed by atoms with Gasteiger partial charge in [0.1, 0.15) is 5.82 Å². The van der Waals surface area contributed by atoms with Crippen molar-refractivity contribution in [2.24, 2.45) is 0 Å². The molecule has 2 heterocycles. The molecule has 0 atom stereocenters. The Kier molecular flexibility index (Phi) is 5.62. The number of carbonyl (C=O) groups is 2. The third-order valence-corrected chi connectivity index (χ3v) is 6.70. The lowest BCUT2D eigenvalue weighted by molar-refractivity contribution is -0.132. The summed E-state index contributed by atoms with van der Waals surface area (Å²) in [6, 6.07) is 13.1. The molecule has 29 heavy (non-hydrogen) atoms. The molecule has 2 amide bonds. The van der Waals surface area contributed by atoms with Crippen molar-refractivity contribution in [1.82, 2.24) is 10.2 Å². The molecular weight excluding hydrogens is 387 g/mol. The van der Waals surface area contributed by atoms with Gasteiger partial charge in [-0.3, -0.25) is 9.59 Å². The van der Waals surface area contributed by atoms with Crippen LogP contribution in [0.3, 0.4) is 0 Å². The Balaban J connectivity index is 1.29. The molecule has 1 aliphatic rings. The Labute approximate surface area is 173 Å². The SMILES string of the molecule is Cc1c(C(=O)NCCCC(=O)N2CCc3ccccc3C2)sc2cccc(F)c12. The highest BCUT2D eigenvalue weighted by molar-refractivity contribution is 7.21. The summed E-state index contributed by atoms with van der Waals surface area (Å²) in [5.41, 5.74) is 3.20. The van der Waals surface area contributed by atoms with Crippen LogP contribution in [0.15, 0.2) is 42.5 Å². The molecule has 0 saturated heterocycles. The van der Waals surface area contributed by atoms with Crippen molar-refractivity contribution < 1.29 is 14.0 Å². The van der Waals surface area contributed by atoms with Crippen LogP contribution in [-0.4, -0.2) is 29.8 Å². The molecule has 0 spiro atoms. The number of hydrogen-bond donors (Lipinski definition) is 1. The second kappa shape index (κ2) is 8.33. The molecule has 1 N–H and O–H groups in total. The minimum atomic E-state index is -0.302. The lowest BCUT2D eigenvalue weighted by Crippen LogP contribution is -2.36. The maximum absolute atomic E-state index is 14.0. The van der Waals surface area contributed by atoms with Crippen LogP contribution in [0.25, 0.3) is 10.1 Å². The molecule has 2 aromatic carbocycles. The van der Waals surface area contributed by atoms with E-state index in [2.05, 4.69) is 17.4 Å². The van der Waals surface area contributed by atoms with E-state index in [1.165, 1.54) is 28.5 Å². The van der Waals surface area contributed by atoms with E-state index in [0.29, 0.717) is 41.8 Å². The van der Waals surface area contributed by atoms with Crippen LogP contribution in [0.1, 0.15) is 39.2 Å². The Morgan fingerprint density at radius 2 is 1.93 bits per heavy atom. The number of nitrogens with one attached hydrogen (secondary N) is 1. The fourth-order valence-electron chi connectivity index (χ4n) is 3.86. The molecule has 4 nitrogen and oxygen atoms in total. The number of hydrogen-bond acceptors (Lipinski definition) is 3. The van der Waals surface area contributed by atoms with Crippen molar-refractivity contribution in [1.29, 1.82) is 0 Å². The maximum atomic E-state index is 14.0. The summed E-state index contributed by atoms with van der Waals surface area (Å²) >= 11 is 1.30. The first-order valence-corrected chi connectivity index (χ1v) is 10.7. The van der Waals surface area contributed by atoms with Gasteiger partial charge in [-0.2, -0.15) is 0 Å². The fraction of sp³-hybridized carbons (Fsp3) is 0.304. The molecule has 3 aromatic rings. The van der Waals surface area contributed by atoms with Crippen LogP contribution < -0.4 is 5.32 Å². The predicted octanol–water partition coefficient (Wildman–Crippen LogP) is 4.44. The zero-order valence-electron chi connectivity index (χ0n) is 16.3. The van der Waals surface area contributed by atoms with Gasteiger partial charge in [-0.1, -0.05) is 30.3 Å². The molecule has 6 heteroatoms. The summed E-state index contributed by atoms with van der Waals surface area (Å²) in [6.45, 7) is 3.60. The topological polar surface area (TPSA) is 49.4 Å². The third-order valence-electron chi connectivity index (χ3n) is 5.45. The number of aryl methyl sites for hydroxylation is 1. The number of rotatable bonds is 5. The summed E-state index contributed by atoms with van der Waals surface area (Å²) < 4.78 is 14.8. The highest BCUT2D eigenvalue weighted by Crippen LogP contribution is 2.32. The van der Waals surface area contributed by atoms with Gasteiger partial charge in [0, 0.05) is 36.1 Å². The zero-order chi connectivity index (χ0) is 20.4. The monoisotopic (exact) mass is 410 g/mol. The van der Waals surface area contributed by atoms with E-state index in [4.69, 9.17) is 0 Å². The first kappa shape index (κ1) is 19.6. The van der Waals surface area contributed by atoms with Gasteiger partial charge in [0.05, 0.1) is 4.88 Å². The van der Waals surface area contributed by atoms with Crippen LogP contribution in [0.5, 0.6) is 0 Å². The normalized spacial score (nSPS) is 13.4. The van der Waals surface area contributed by atoms with E-state index in [1.54, 1.807) is 13.0 Å². The van der Waals surface area contributed by atoms with Gasteiger partial charge in [0.15, 0.2) is 0 Å².